The van der Waals surface area contributed by atoms with Crippen molar-refractivity contribution < 1.29 is 27.9 Å². The molecule has 2 aliphatic rings. The van der Waals surface area contributed by atoms with Crippen LogP contribution in [-0.4, -0.2) is 54.5 Å². The summed E-state index contributed by atoms with van der Waals surface area (Å²) >= 11 is 0. The number of furan rings is 1. The zero-order valence-corrected chi connectivity index (χ0v) is 21.1. The lowest BCUT2D eigenvalue weighted by Crippen LogP contribution is -2.42. The van der Waals surface area contributed by atoms with Gasteiger partial charge in [-0.3, -0.25) is 9.59 Å². The van der Waals surface area contributed by atoms with E-state index < -0.39 is 0 Å². The van der Waals surface area contributed by atoms with E-state index in [1.807, 2.05) is 36.9 Å². The summed E-state index contributed by atoms with van der Waals surface area (Å²) in [4.78, 5) is 29.3. The van der Waals surface area contributed by atoms with Gasteiger partial charge in [0, 0.05) is 25.6 Å². The predicted molar refractivity (Wildman–Crippen MR) is 135 cm³/mol. The van der Waals surface area contributed by atoms with Gasteiger partial charge in [-0.15, -0.1) is 0 Å². The molecule has 1 saturated heterocycles. The van der Waals surface area contributed by atoms with Gasteiger partial charge in [-0.05, 0) is 59.5 Å². The smallest absolute Gasteiger partial charge is 0.289 e. The summed E-state index contributed by atoms with van der Waals surface area (Å²) in [6, 6.07) is 15.3. The van der Waals surface area contributed by atoms with Gasteiger partial charge in [-0.25, -0.2) is 4.39 Å². The Kier molecular flexibility index (Phi) is 7.28. The molecule has 194 valence electrons. The van der Waals surface area contributed by atoms with Crippen LogP contribution in [0.3, 0.4) is 0 Å². The Morgan fingerprint density at radius 1 is 1.03 bits per heavy atom. The van der Waals surface area contributed by atoms with Gasteiger partial charge in [-0.1, -0.05) is 32.0 Å². The van der Waals surface area contributed by atoms with E-state index in [-0.39, 0.29) is 42.0 Å². The molecule has 1 atom stereocenters. The second-order valence-corrected chi connectivity index (χ2v) is 9.71. The topological polar surface area (TPSA) is 72.2 Å². The number of carbonyl (C=O) groups excluding carboxylic acids is 2. The van der Waals surface area contributed by atoms with Gasteiger partial charge in [0.1, 0.15) is 23.9 Å². The van der Waals surface area contributed by atoms with Crippen molar-refractivity contribution in [1.82, 2.24) is 9.80 Å². The van der Waals surface area contributed by atoms with E-state index >= 15 is 0 Å². The number of benzene rings is 2. The molecule has 2 amide bonds. The normalized spacial score (nSPS) is 17.6. The standard InChI is InChI=1S/C29H31FN2O5/c1-19(2)28(33)32-12-11-20-5-8-23(17-25(20)27(32)21-3-6-22(30)7-4-21)36-18-24-9-10-26(37-24)29(34)31-13-15-35-16-14-31/h3-10,17,19,27H,11-16,18H2,1-2H3/t27-/m1/s1. The van der Waals surface area contributed by atoms with Gasteiger partial charge in [0.25, 0.3) is 5.91 Å². The molecule has 0 N–H and O–H groups in total. The molecule has 7 nitrogen and oxygen atoms in total. The van der Waals surface area contributed by atoms with Gasteiger partial charge >= 0.3 is 0 Å². The minimum absolute atomic E-state index is 0.0550. The van der Waals surface area contributed by atoms with E-state index in [0.29, 0.717) is 44.4 Å². The average molecular weight is 507 g/mol. The second kappa shape index (κ2) is 10.8. The molecular weight excluding hydrogens is 475 g/mol. The second-order valence-electron chi connectivity index (χ2n) is 9.71. The Bertz CT molecular complexity index is 1260. The van der Waals surface area contributed by atoms with Gasteiger partial charge in [0.15, 0.2) is 5.76 Å². The Labute approximate surface area is 215 Å². The SMILES string of the molecule is CC(C)C(=O)N1CCc2ccc(OCc3ccc(C(=O)N4CCOCC4)o3)cc2[C@H]1c1ccc(F)cc1. The number of halogens is 1. The van der Waals surface area contributed by atoms with Gasteiger partial charge in [0.2, 0.25) is 5.91 Å². The Hall–Kier alpha value is -3.65. The van der Waals surface area contributed by atoms with Crippen LogP contribution in [0.2, 0.25) is 0 Å². The van der Waals surface area contributed by atoms with Gasteiger partial charge in [-0.2, -0.15) is 0 Å². The maximum Gasteiger partial charge on any atom is 0.289 e. The molecular formula is C29H31FN2O5. The van der Waals surface area contributed by atoms with Crippen molar-refractivity contribution in [1.29, 1.82) is 0 Å². The van der Waals surface area contributed by atoms with E-state index in [9.17, 15) is 14.0 Å². The first-order valence-corrected chi connectivity index (χ1v) is 12.7. The highest BCUT2D eigenvalue weighted by atomic mass is 19.1. The molecule has 8 heteroatoms. The van der Waals surface area contributed by atoms with Crippen LogP contribution >= 0.6 is 0 Å². The van der Waals surface area contributed by atoms with Crippen LogP contribution in [0, 0.1) is 11.7 Å². The summed E-state index contributed by atoms with van der Waals surface area (Å²) in [6.07, 6.45) is 0.733. The highest BCUT2D eigenvalue weighted by molar-refractivity contribution is 5.91. The first-order valence-electron chi connectivity index (χ1n) is 12.7. The Balaban J connectivity index is 1.36. The van der Waals surface area contributed by atoms with E-state index in [0.717, 1.165) is 23.1 Å². The third kappa shape index (κ3) is 5.39. The van der Waals surface area contributed by atoms with E-state index in [4.69, 9.17) is 13.9 Å². The van der Waals surface area contributed by atoms with Gasteiger partial charge in [0.05, 0.1) is 19.3 Å². The number of fused-ring (bicyclic) bond motifs is 1. The maximum absolute atomic E-state index is 13.7. The summed E-state index contributed by atoms with van der Waals surface area (Å²) in [5.41, 5.74) is 2.95. The lowest BCUT2D eigenvalue weighted by Gasteiger charge is -2.39. The quantitative estimate of drug-likeness (QED) is 0.489. The van der Waals surface area contributed by atoms with Crippen LogP contribution in [0.5, 0.6) is 5.75 Å². The molecule has 2 aromatic carbocycles. The zero-order chi connectivity index (χ0) is 25.9. The molecule has 3 aromatic rings. The molecule has 0 aliphatic carbocycles. The minimum atomic E-state index is -0.329. The van der Waals surface area contributed by atoms with Crippen molar-refractivity contribution in [3.8, 4) is 5.75 Å². The average Bonchev–Trinajstić information content (AvgIpc) is 3.40. The van der Waals surface area contributed by atoms with Crippen LogP contribution in [0.25, 0.3) is 0 Å². The molecule has 1 aromatic heterocycles. The number of rotatable bonds is 6. The largest absolute Gasteiger partial charge is 0.486 e. The monoisotopic (exact) mass is 506 g/mol. The fourth-order valence-corrected chi connectivity index (χ4v) is 4.90. The first kappa shape index (κ1) is 25.0. The number of hydrogen-bond donors (Lipinski definition) is 0. The Morgan fingerprint density at radius 3 is 2.51 bits per heavy atom. The number of amides is 2. The van der Waals surface area contributed by atoms with Crippen molar-refractivity contribution in [3.63, 3.8) is 0 Å². The van der Waals surface area contributed by atoms with Crippen LogP contribution in [-0.2, 0) is 22.6 Å². The lowest BCUT2D eigenvalue weighted by atomic mass is 9.87. The molecule has 0 unspecified atom stereocenters. The fourth-order valence-electron chi connectivity index (χ4n) is 4.90. The van der Waals surface area contributed by atoms with Crippen LogP contribution in [0.4, 0.5) is 4.39 Å². The van der Waals surface area contributed by atoms with E-state index in [1.54, 1.807) is 29.2 Å². The molecule has 1 fully saturated rings. The van der Waals surface area contributed by atoms with Crippen molar-refractivity contribution in [2.45, 2.75) is 32.9 Å². The molecule has 0 spiro atoms. The molecule has 0 radical (unpaired) electrons. The lowest BCUT2D eigenvalue weighted by molar-refractivity contribution is -0.136. The molecule has 0 bridgehead atoms. The maximum atomic E-state index is 13.7. The fraction of sp³-hybridized carbons (Fsp3) is 0.379. The van der Waals surface area contributed by atoms with E-state index in [2.05, 4.69) is 0 Å². The predicted octanol–water partition coefficient (Wildman–Crippen LogP) is 4.60. The molecule has 3 heterocycles. The van der Waals surface area contributed by atoms with Crippen LogP contribution in [0.15, 0.2) is 59.0 Å². The number of hydrogen-bond acceptors (Lipinski definition) is 5. The minimum Gasteiger partial charge on any atom is -0.486 e. The van der Waals surface area contributed by atoms with Crippen molar-refractivity contribution in [3.05, 3.63) is 88.6 Å². The number of morpholine rings is 1. The highest BCUT2D eigenvalue weighted by Gasteiger charge is 2.33. The van der Waals surface area contributed by atoms with Crippen LogP contribution < -0.4 is 4.74 Å². The number of ether oxygens (including phenoxy) is 2. The van der Waals surface area contributed by atoms with Crippen molar-refractivity contribution >= 4 is 11.8 Å². The first-order chi connectivity index (χ1) is 17.9. The molecule has 0 saturated carbocycles. The van der Waals surface area contributed by atoms with Crippen molar-refractivity contribution in [2.24, 2.45) is 5.92 Å². The van der Waals surface area contributed by atoms with Gasteiger partial charge < -0.3 is 23.7 Å². The third-order valence-corrected chi connectivity index (χ3v) is 6.86. The Morgan fingerprint density at radius 2 is 1.78 bits per heavy atom. The summed E-state index contributed by atoms with van der Waals surface area (Å²) in [6.45, 7) is 6.68. The number of carbonyl (C=O) groups is 2. The summed E-state index contributed by atoms with van der Waals surface area (Å²) in [5.74, 6) is 0.883. The zero-order valence-electron chi connectivity index (χ0n) is 21.1. The van der Waals surface area contributed by atoms with Crippen molar-refractivity contribution in [2.75, 3.05) is 32.8 Å². The van der Waals surface area contributed by atoms with Crippen LogP contribution in [0.1, 0.15) is 52.9 Å². The molecule has 2 aliphatic heterocycles. The highest BCUT2D eigenvalue weighted by Crippen LogP contribution is 2.38. The molecule has 5 rings (SSSR count). The molecule has 37 heavy (non-hydrogen) atoms. The third-order valence-electron chi connectivity index (χ3n) is 6.86. The summed E-state index contributed by atoms with van der Waals surface area (Å²) in [7, 11) is 0. The summed E-state index contributed by atoms with van der Waals surface area (Å²) < 4.78 is 30.8. The number of nitrogens with zero attached hydrogens (tertiary/aromatic N) is 2. The summed E-state index contributed by atoms with van der Waals surface area (Å²) in [5, 5.41) is 0. The van der Waals surface area contributed by atoms with E-state index in [1.165, 1.54) is 12.1 Å².